The van der Waals surface area contributed by atoms with Gasteiger partial charge in [0.15, 0.2) is 0 Å². The zero-order valence-electron chi connectivity index (χ0n) is 11.3. The van der Waals surface area contributed by atoms with E-state index in [2.05, 4.69) is 5.32 Å². The summed E-state index contributed by atoms with van der Waals surface area (Å²) >= 11 is 1.17. The number of primary amides is 1. The maximum Gasteiger partial charge on any atom is 0.350 e. The Hall–Kier alpha value is -1.80. The Morgan fingerprint density at radius 3 is 2.60 bits per heavy atom. The number of ether oxygens (including phenoxy) is 1. The monoisotopic (exact) mass is 298 g/mol. The largest absolute Gasteiger partial charge is 0.462 e. The van der Waals surface area contributed by atoms with Gasteiger partial charge in [0, 0.05) is 26.2 Å². The van der Waals surface area contributed by atoms with Gasteiger partial charge in [0.2, 0.25) is 0 Å². The van der Waals surface area contributed by atoms with Crippen LogP contribution in [0.25, 0.3) is 0 Å². The first-order valence-corrected chi connectivity index (χ1v) is 7.22. The summed E-state index contributed by atoms with van der Waals surface area (Å²) in [6.45, 7) is 5.07. The van der Waals surface area contributed by atoms with Crippen LogP contribution in [0.4, 0.5) is 10.7 Å². The van der Waals surface area contributed by atoms with Gasteiger partial charge >= 0.3 is 5.97 Å². The fourth-order valence-corrected chi connectivity index (χ4v) is 3.28. The van der Waals surface area contributed by atoms with Gasteiger partial charge in [0.05, 0.1) is 17.9 Å². The van der Waals surface area contributed by atoms with Crippen molar-refractivity contribution in [2.24, 2.45) is 5.73 Å². The lowest BCUT2D eigenvalue weighted by atomic mass is 10.2. The SMILES string of the molecule is CCOC(=O)c1sc(N2CCNCC2)c(C(N)=O)c1N. The van der Waals surface area contributed by atoms with E-state index >= 15 is 0 Å². The van der Waals surface area contributed by atoms with Crippen LogP contribution < -0.4 is 21.7 Å². The number of nitrogens with one attached hydrogen (secondary N) is 1. The number of esters is 1. The average Bonchev–Trinajstić information content (AvgIpc) is 2.78. The summed E-state index contributed by atoms with van der Waals surface area (Å²) in [6.07, 6.45) is 0. The predicted molar refractivity (Wildman–Crippen MR) is 78.3 cm³/mol. The number of piperazine rings is 1. The van der Waals surface area contributed by atoms with Crippen LogP contribution in [0.3, 0.4) is 0 Å². The summed E-state index contributed by atoms with van der Waals surface area (Å²) < 4.78 is 4.95. The van der Waals surface area contributed by atoms with E-state index in [1.54, 1.807) is 6.92 Å². The van der Waals surface area contributed by atoms with E-state index in [0.29, 0.717) is 5.00 Å². The first-order valence-electron chi connectivity index (χ1n) is 6.41. The van der Waals surface area contributed by atoms with Crippen molar-refractivity contribution in [3.63, 3.8) is 0 Å². The van der Waals surface area contributed by atoms with E-state index in [0.717, 1.165) is 26.2 Å². The van der Waals surface area contributed by atoms with Crippen LogP contribution in [-0.4, -0.2) is 44.7 Å². The van der Waals surface area contributed by atoms with Gasteiger partial charge in [-0.1, -0.05) is 0 Å². The highest BCUT2D eigenvalue weighted by molar-refractivity contribution is 7.19. The molecular formula is C12H18N4O3S. The van der Waals surface area contributed by atoms with E-state index in [9.17, 15) is 9.59 Å². The number of rotatable bonds is 4. The molecule has 0 spiro atoms. The molecule has 2 rings (SSSR count). The van der Waals surface area contributed by atoms with Crippen molar-refractivity contribution in [1.29, 1.82) is 0 Å². The first kappa shape index (κ1) is 14.6. The quantitative estimate of drug-likeness (QED) is 0.676. The predicted octanol–water partition coefficient (Wildman–Crippen LogP) is 0.0155. The molecule has 110 valence electrons. The Balaban J connectivity index is 2.41. The van der Waals surface area contributed by atoms with Gasteiger partial charge in [-0.3, -0.25) is 4.79 Å². The molecule has 1 saturated heterocycles. The second-order valence-electron chi connectivity index (χ2n) is 4.35. The van der Waals surface area contributed by atoms with Gasteiger partial charge in [-0.25, -0.2) is 4.79 Å². The smallest absolute Gasteiger partial charge is 0.350 e. The normalized spacial score (nSPS) is 15.2. The number of anilines is 2. The fourth-order valence-electron chi connectivity index (χ4n) is 2.11. The summed E-state index contributed by atoms with van der Waals surface area (Å²) in [5, 5.41) is 3.87. The summed E-state index contributed by atoms with van der Waals surface area (Å²) in [6, 6.07) is 0. The van der Waals surface area contributed by atoms with Crippen LogP contribution >= 0.6 is 11.3 Å². The van der Waals surface area contributed by atoms with Crippen molar-refractivity contribution < 1.29 is 14.3 Å². The highest BCUT2D eigenvalue weighted by Gasteiger charge is 2.28. The highest BCUT2D eigenvalue weighted by atomic mass is 32.1. The molecule has 20 heavy (non-hydrogen) atoms. The van der Waals surface area contributed by atoms with Crippen molar-refractivity contribution in [2.45, 2.75) is 6.92 Å². The molecular weight excluding hydrogens is 280 g/mol. The van der Waals surface area contributed by atoms with E-state index in [-0.39, 0.29) is 22.7 Å². The van der Waals surface area contributed by atoms with Crippen LogP contribution in [-0.2, 0) is 4.74 Å². The van der Waals surface area contributed by atoms with Gasteiger partial charge in [0.1, 0.15) is 9.88 Å². The van der Waals surface area contributed by atoms with Crippen molar-refractivity contribution in [1.82, 2.24) is 5.32 Å². The minimum Gasteiger partial charge on any atom is -0.462 e. The van der Waals surface area contributed by atoms with Crippen LogP contribution in [0.1, 0.15) is 27.0 Å². The second kappa shape index (κ2) is 6.10. The van der Waals surface area contributed by atoms with Crippen LogP contribution in [0, 0.1) is 0 Å². The Labute approximate surface area is 120 Å². The molecule has 1 aromatic heterocycles. The van der Waals surface area contributed by atoms with E-state index in [1.165, 1.54) is 11.3 Å². The Morgan fingerprint density at radius 2 is 2.05 bits per heavy atom. The minimum atomic E-state index is -0.622. The molecule has 0 bridgehead atoms. The van der Waals surface area contributed by atoms with Crippen molar-refractivity contribution in [3.8, 4) is 0 Å². The molecule has 1 aliphatic rings. The maximum absolute atomic E-state index is 11.9. The summed E-state index contributed by atoms with van der Waals surface area (Å²) in [7, 11) is 0. The number of nitrogens with zero attached hydrogens (tertiary/aromatic N) is 1. The van der Waals surface area contributed by atoms with E-state index in [1.807, 2.05) is 4.90 Å². The van der Waals surface area contributed by atoms with Gasteiger partial charge < -0.3 is 26.4 Å². The lowest BCUT2D eigenvalue weighted by Crippen LogP contribution is -2.43. The van der Waals surface area contributed by atoms with Gasteiger partial charge in [-0.05, 0) is 6.92 Å². The molecule has 2 heterocycles. The third-order valence-electron chi connectivity index (χ3n) is 3.04. The molecule has 0 radical (unpaired) electrons. The third kappa shape index (κ3) is 2.70. The summed E-state index contributed by atoms with van der Waals surface area (Å²) in [5.74, 6) is -1.14. The number of hydrogen-bond donors (Lipinski definition) is 3. The third-order valence-corrected chi connectivity index (χ3v) is 4.28. The molecule has 1 aromatic rings. The zero-order chi connectivity index (χ0) is 14.7. The van der Waals surface area contributed by atoms with Crippen LogP contribution in [0.5, 0.6) is 0 Å². The summed E-state index contributed by atoms with van der Waals surface area (Å²) in [5.41, 5.74) is 11.7. The molecule has 5 N–H and O–H groups in total. The molecule has 0 aromatic carbocycles. The zero-order valence-corrected chi connectivity index (χ0v) is 12.1. The average molecular weight is 298 g/mol. The Morgan fingerprint density at radius 1 is 1.40 bits per heavy atom. The fraction of sp³-hybridized carbons (Fsp3) is 0.500. The van der Waals surface area contributed by atoms with Crippen molar-refractivity contribution >= 4 is 33.9 Å². The number of carbonyl (C=O) groups excluding carboxylic acids is 2. The Bertz CT molecular complexity index is 523. The lowest BCUT2D eigenvalue weighted by molar-refractivity contribution is 0.0533. The molecule has 0 aliphatic carbocycles. The number of hydrogen-bond acceptors (Lipinski definition) is 7. The molecule has 0 saturated carbocycles. The molecule has 1 fully saturated rings. The second-order valence-corrected chi connectivity index (χ2v) is 5.35. The Kier molecular flexibility index (Phi) is 4.46. The standard InChI is InChI=1S/C12H18N4O3S/c1-2-19-12(18)9-8(13)7(10(14)17)11(20-9)16-5-3-15-4-6-16/h15H,2-6,13H2,1H3,(H2,14,17). The van der Waals surface area contributed by atoms with Crippen LogP contribution in [0.2, 0.25) is 0 Å². The lowest BCUT2D eigenvalue weighted by Gasteiger charge is -2.28. The van der Waals surface area contributed by atoms with Gasteiger partial charge in [-0.2, -0.15) is 0 Å². The number of amides is 1. The van der Waals surface area contributed by atoms with Gasteiger partial charge in [0.25, 0.3) is 5.91 Å². The maximum atomic E-state index is 11.9. The molecule has 0 atom stereocenters. The summed E-state index contributed by atoms with van der Waals surface area (Å²) in [4.78, 5) is 25.8. The molecule has 7 nitrogen and oxygen atoms in total. The highest BCUT2D eigenvalue weighted by Crippen LogP contribution is 2.38. The first-order chi connectivity index (χ1) is 9.56. The number of nitrogen functional groups attached to an aromatic ring is 1. The van der Waals surface area contributed by atoms with E-state index in [4.69, 9.17) is 16.2 Å². The molecule has 8 heteroatoms. The number of carbonyl (C=O) groups is 2. The van der Waals surface area contributed by atoms with Crippen molar-refractivity contribution in [3.05, 3.63) is 10.4 Å². The number of nitrogens with two attached hydrogens (primary N) is 2. The minimum absolute atomic E-state index is 0.120. The molecule has 0 unspecified atom stereocenters. The topological polar surface area (TPSA) is 111 Å². The van der Waals surface area contributed by atoms with E-state index < -0.39 is 11.9 Å². The van der Waals surface area contributed by atoms with Crippen molar-refractivity contribution in [2.75, 3.05) is 43.4 Å². The van der Waals surface area contributed by atoms with Gasteiger partial charge in [-0.15, -0.1) is 11.3 Å². The number of thiophene rings is 1. The van der Waals surface area contributed by atoms with Crippen LogP contribution in [0.15, 0.2) is 0 Å². The molecule has 1 amide bonds. The molecule has 1 aliphatic heterocycles.